The van der Waals surface area contributed by atoms with Gasteiger partial charge in [0.2, 0.25) is 0 Å². The SMILES string of the molecule is Cc1ccc(Sc2ccc(N)c3cnccc23)c(C)c1. The van der Waals surface area contributed by atoms with Gasteiger partial charge in [-0.3, -0.25) is 4.98 Å². The van der Waals surface area contributed by atoms with Crippen LogP contribution in [0.25, 0.3) is 10.8 Å². The molecule has 2 aromatic carbocycles. The van der Waals surface area contributed by atoms with Crippen molar-refractivity contribution >= 4 is 28.2 Å². The van der Waals surface area contributed by atoms with Crippen molar-refractivity contribution in [3.8, 4) is 0 Å². The van der Waals surface area contributed by atoms with Gasteiger partial charge in [0.05, 0.1) is 0 Å². The quantitative estimate of drug-likeness (QED) is 0.698. The van der Waals surface area contributed by atoms with Crippen molar-refractivity contribution in [3.63, 3.8) is 0 Å². The lowest BCUT2D eigenvalue weighted by molar-refractivity contribution is 1.26. The van der Waals surface area contributed by atoms with Gasteiger partial charge in [-0.05, 0) is 43.7 Å². The number of hydrogen-bond acceptors (Lipinski definition) is 3. The highest BCUT2D eigenvalue weighted by Gasteiger charge is 2.07. The fourth-order valence-electron chi connectivity index (χ4n) is 2.31. The van der Waals surface area contributed by atoms with Gasteiger partial charge in [-0.25, -0.2) is 0 Å². The lowest BCUT2D eigenvalue weighted by atomic mass is 10.1. The van der Waals surface area contributed by atoms with E-state index < -0.39 is 0 Å². The second-order valence-corrected chi connectivity index (χ2v) is 6.03. The fraction of sp³-hybridized carbons (Fsp3) is 0.118. The lowest BCUT2D eigenvalue weighted by Crippen LogP contribution is -1.89. The normalized spacial score (nSPS) is 10.9. The van der Waals surface area contributed by atoms with E-state index in [4.69, 9.17) is 5.73 Å². The summed E-state index contributed by atoms with van der Waals surface area (Å²) in [4.78, 5) is 6.65. The van der Waals surface area contributed by atoms with Gasteiger partial charge >= 0.3 is 0 Å². The third kappa shape index (κ3) is 2.37. The molecule has 0 atom stereocenters. The number of benzene rings is 2. The van der Waals surface area contributed by atoms with E-state index in [0.29, 0.717) is 0 Å². The molecular weight excluding hydrogens is 264 g/mol. The number of nitrogen functional groups attached to an aromatic ring is 1. The highest BCUT2D eigenvalue weighted by atomic mass is 32.2. The van der Waals surface area contributed by atoms with Gasteiger partial charge in [-0.15, -0.1) is 0 Å². The molecule has 1 heterocycles. The van der Waals surface area contributed by atoms with Gasteiger partial charge in [-0.2, -0.15) is 0 Å². The Morgan fingerprint density at radius 1 is 0.950 bits per heavy atom. The Kier molecular flexibility index (Phi) is 3.36. The molecule has 0 bridgehead atoms. The summed E-state index contributed by atoms with van der Waals surface area (Å²) >= 11 is 1.78. The molecule has 0 saturated carbocycles. The van der Waals surface area contributed by atoms with Crippen molar-refractivity contribution in [2.24, 2.45) is 0 Å². The van der Waals surface area contributed by atoms with E-state index in [0.717, 1.165) is 16.5 Å². The molecule has 0 radical (unpaired) electrons. The molecule has 100 valence electrons. The molecule has 0 spiro atoms. The first-order chi connectivity index (χ1) is 9.65. The Labute approximate surface area is 123 Å². The van der Waals surface area contributed by atoms with Crippen LogP contribution in [-0.2, 0) is 0 Å². The highest BCUT2D eigenvalue weighted by Crippen LogP contribution is 2.36. The Morgan fingerprint density at radius 3 is 2.55 bits per heavy atom. The molecule has 0 saturated heterocycles. The zero-order valence-corrected chi connectivity index (χ0v) is 12.4. The Hall–Kier alpha value is -2.00. The number of nitrogens with zero attached hydrogens (tertiary/aromatic N) is 1. The summed E-state index contributed by atoms with van der Waals surface area (Å²) in [7, 11) is 0. The topological polar surface area (TPSA) is 38.9 Å². The highest BCUT2D eigenvalue weighted by molar-refractivity contribution is 7.99. The third-order valence-corrected chi connectivity index (χ3v) is 4.62. The van der Waals surface area contributed by atoms with Crippen LogP contribution in [0.2, 0.25) is 0 Å². The largest absolute Gasteiger partial charge is 0.398 e. The fourth-order valence-corrected chi connectivity index (χ4v) is 3.32. The van der Waals surface area contributed by atoms with Crippen LogP contribution in [0, 0.1) is 13.8 Å². The van der Waals surface area contributed by atoms with E-state index in [-0.39, 0.29) is 0 Å². The number of anilines is 1. The van der Waals surface area contributed by atoms with Crippen molar-refractivity contribution in [3.05, 3.63) is 59.9 Å². The Bertz CT molecular complexity index is 781. The smallest absolute Gasteiger partial charge is 0.0410 e. The van der Waals surface area contributed by atoms with E-state index in [1.54, 1.807) is 11.8 Å². The van der Waals surface area contributed by atoms with Crippen molar-refractivity contribution in [2.45, 2.75) is 23.6 Å². The van der Waals surface area contributed by atoms with Crippen LogP contribution >= 0.6 is 11.8 Å². The van der Waals surface area contributed by atoms with Crippen molar-refractivity contribution in [1.29, 1.82) is 0 Å². The summed E-state index contributed by atoms with van der Waals surface area (Å²) in [5, 5.41) is 2.17. The second-order valence-electron chi connectivity index (χ2n) is 4.95. The van der Waals surface area contributed by atoms with Crippen LogP contribution in [0.1, 0.15) is 11.1 Å². The molecule has 2 N–H and O–H groups in total. The maximum Gasteiger partial charge on any atom is 0.0410 e. The summed E-state index contributed by atoms with van der Waals surface area (Å²) in [6.07, 6.45) is 3.64. The average molecular weight is 280 g/mol. The molecule has 20 heavy (non-hydrogen) atoms. The number of nitrogens with two attached hydrogens (primary N) is 1. The maximum absolute atomic E-state index is 6.02. The van der Waals surface area contributed by atoms with E-state index in [9.17, 15) is 0 Å². The lowest BCUT2D eigenvalue weighted by Gasteiger charge is -2.10. The van der Waals surface area contributed by atoms with Crippen molar-refractivity contribution in [2.75, 3.05) is 5.73 Å². The molecule has 0 unspecified atom stereocenters. The number of aryl methyl sites for hydroxylation is 2. The zero-order chi connectivity index (χ0) is 14.1. The molecule has 3 aromatic rings. The van der Waals surface area contributed by atoms with Gasteiger partial charge < -0.3 is 5.73 Å². The predicted octanol–water partition coefficient (Wildman–Crippen LogP) is 4.59. The molecule has 0 fully saturated rings. The predicted molar refractivity (Wildman–Crippen MR) is 86.2 cm³/mol. The number of hydrogen-bond donors (Lipinski definition) is 1. The third-order valence-electron chi connectivity index (χ3n) is 3.36. The number of aromatic nitrogens is 1. The minimum Gasteiger partial charge on any atom is -0.398 e. The van der Waals surface area contributed by atoms with Gasteiger partial charge in [0.25, 0.3) is 0 Å². The number of pyridine rings is 1. The van der Waals surface area contributed by atoms with Gasteiger partial charge in [-0.1, -0.05) is 29.5 Å². The van der Waals surface area contributed by atoms with Gasteiger partial charge in [0.1, 0.15) is 0 Å². The van der Waals surface area contributed by atoms with Crippen LogP contribution in [0.3, 0.4) is 0 Å². The van der Waals surface area contributed by atoms with E-state index in [1.165, 1.54) is 20.9 Å². The summed E-state index contributed by atoms with van der Waals surface area (Å²) in [6.45, 7) is 4.27. The standard InChI is InChI=1S/C17H16N2S/c1-11-3-5-16(12(2)9-11)20-17-6-4-15(18)14-10-19-8-7-13(14)17/h3-10H,18H2,1-2H3. The molecule has 2 nitrogen and oxygen atoms in total. The zero-order valence-electron chi connectivity index (χ0n) is 11.6. The Morgan fingerprint density at radius 2 is 1.75 bits per heavy atom. The molecule has 0 aliphatic heterocycles. The first-order valence-electron chi connectivity index (χ1n) is 6.52. The molecule has 0 aliphatic rings. The average Bonchev–Trinajstić information content (AvgIpc) is 2.45. The van der Waals surface area contributed by atoms with Crippen molar-refractivity contribution in [1.82, 2.24) is 4.98 Å². The van der Waals surface area contributed by atoms with Crippen molar-refractivity contribution < 1.29 is 0 Å². The summed E-state index contributed by atoms with van der Waals surface area (Å²) in [6, 6.07) is 12.6. The molecule has 3 heteroatoms. The molecule has 1 aromatic heterocycles. The van der Waals surface area contributed by atoms with Gasteiger partial charge in [0, 0.05) is 38.6 Å². The molecule has 0 amide bonds. The van der Waals surface area contributed by atoms with Crippen LogP contribution in [0.5, 0.6) is 0 Å². The summed E-state index contributed by atoms with van der Waals surface area (Å²) < 4.78 is 0. The van der Waals surface area contributed by atoms with Crippen LogP contribution in [-0.4, -0.2) is 4.98 Å². The summed E-state index contributed by atoms with van der Waals surface area (Å²) in [5.41, 5.74) is 9.39. The van der Waals surface area contributed by atoms with E-state index >= 15 is 0 Å². The second kappa shape index (κ2) is 5.17. The number of rotatable bonds is 2. The van der Waals surface area contributed by atoms with E-state index in [2.05, 4.69) is 43.1 Å². The van der Waals surface area contributed by atoms with E-state index in [1.807, 2.05) is 24.5 Å². The summed E-state index contributed by atoms with van der Waals surface area (Å²) in [5.74, 6) is 0. The number of fused-ring (bicyclic) bond motifs is 1. The first-order valence-corrected chi connectivity index (χ1v) is 7.34. The van der Waals surface area contributed by atoms with Crippen LogP contribution < -0.4 is 5.73 Å². The molecule has 3 rings (SSSR count). The minimum atomic E-state index is 0.776. The van der Waals surface area contributed by atoms with Crippen LogP contribution in [0.15, 0.2) is 58.6 Å². The van der Waals surface area contributed by atoms with Gasteiger partial charge in [0.15, 0.2) is 0 Å². The van der Waals surface area contributed by atoms with Crippen LogP contribution in [0.4, 0.5) is 5.69 Å². The first kappa shape index (κ1) is 13.0. The Balaban J connectivity index is 2.09. The molecular formula is C17H16N2S. The molecule has 0 aliphatic carbocycles. The maximum atomic E-state index is 6.02. The monoisotopic (exact) mass is 280 g/mol. The minimum absolute atomic E-state index is 0.776.